The molecule has 3 N–H and O–H groups in total. The van der Waals surface area contributed by atoms with E-state index in [0.29, 0.717) is 0 Å². The molecule has 0 amide bonds. The van der Waals surface area contributed by atoms with Crippen LogP contribution in [0.2, 0.25) is 0 Å². The summed E-state index contributed by atoms with van der Waals surface area (Å²) < 4.78 is 5.70. The smallest absolute Gasteiger partial charge is 0.0774 e. The second-order valence-electron chi connectivity index (χ2n) is 5.88. The van der Waals surface area contributed by atoms with Crippen molar-refractivity contribution in [2.75, 3.05) is 17.7 Å². The standard InChI is InChI=1S/C16H21N3O/c1-10-8-12-13(9-18-10)14(17)4-5-15(12)19-16(3)6-7-20-11(16)2/h4-5,8-9,11,19H,6-7,17H2,1-3H3. The van der Waals surface area contributed by atoms with Crippen LogP contribution in [0.1, 0.15) is 26.0 Å². The number of ether oxygens (including phenoxy) is 1. The first kappa shape index (κ1) is 13.2. The van der Waals surface area contributed by atoms with Crippen molar-refractivity contribution in [3.63, 3.8) is 0 Å². The maximum Gasteiger partial charge on any atom is 0.0774 e. The minimum Gasteiger partial charge on any atom is -0.398 e. The number of nitrogens with two attached hydrogens (primary N) is 1. The number of pyridine rings is 1. The molecule has 3 rings (SSSR count). The van der Waals surface area contributed by atoms with Crippen molar-refractivity contribution in [3.8, 4) is 0 Å². The monoisotopic (exact) mass is 271 g/mol. The van der Waals surface area contributed by atoms with Crippen molar-refractivity contribution in [1.29, 1.82) is 0 Å². The Morgan fingerprint density at radius 3 is 2.90 bits per heavy atom. The number of aromatic nitrogens is 1. The van der Waals surface area contributed by atoms with Crippen LogP contribution >= 0.6 is 0 Å². The molecule has 4 heteroatoms. The largest absolute Gasteiger partial charge is 0.398 e. The van der Waals surface area contributed by atoms with E-state index in [-0.39, 0.29) is 11.6 Å². The lowest BCUT2D eigenvalue weighted by Gasteiger charge is -2.31. The number of benzene rings is 1. The van der Waals surface area contributed by atoms with Crippen molar-refractivity contribution in [1.82, 2.24) is 4.98 Å². The van der Waals surface area contributed by atoms with E-state index in [2.05, 4.69) is 30.2 Å². The first-order valence-electron chi connectivity index (χ1n) is 7.04. The maximum absolute atomic E-state index is 6.05. The van der Waals surface area contributed by atoms with Gasteiger partial charge in [0.25, 0.3) is 0 Å². The van der Waals surface area contributed by atoms with Crippen LogP contribution in [-0.4, -0.2) is 23.2 Å². The van der Waals surface area contributed by atoms with Gasteiger partial charge in [0.2, 0.25) is 0 Å². The normalized spacial score (nSPS) is 26.1. The summed E-state index contributed by atoms with van der Waals surface area (Å²) in [6, 6.07) is 6.07. The molecule has 1 fully saturated rings. The van der Waals surface area contributed by atoms with Gasteiger partial charge in [-0.2, -0.15) is 0 Å². The van der Waals surface area contributed by atoms with Crippen LogP contribution in [0.15, 0.2) is 24.4 Å². The van der Waals surface area contributed by atoms with Gasteiger partial charge in [-0.05, 0) is 45.4 Å². The fraction of sp³-hybridized carbons (Fsp3) is 0.438. The van der Waals surface area contributed by atoms with Crippen molar-refractivity contribution >= 4 is 22.1 Å². The number of nitrogens with one attached hydrogen (secondary N) is 1. The molecule has 2 atom stereocenters. The van der Waals surface area contributed by atoms with Crippen molar-refractivity contribution < 1.29 is 4.74 Å². The third-order valence-corrected chi connectivity index (χ3v) is 4.38. The molecule has 4 nitrogen and oxygen atoms in total. The zero-order valence-electron chi connectivity index (χ0n) is 12.2. The van der Waals surface area contributed by atoms with Gasteiger partial charge in [0.15, 0.2) is 0 Å². The molecule has 0 aliphatic carbocycles. The molecule has 106 valence electrons. The molecule has 2 aromatic rings. The van der Waals surface area contributed by atoms with Gasteiger partial charge in [-0.3, -0.25) is 4.98 Å². The summed E-state index contributed by atoms with van der Waals surface area (Å²) in [5.74, 6) is 0. The van der Waals surface area contributed by atoms with Gasteiger partial charge < -0.3 is 15.8 Å². The highest BCUT2D eigenvalue weighted by molar-refractivity contribution is 6.01. The van der Waals surface area contributed by atoms with Gasteiger partial charge in [-0.15, -0.1) is 0 Å². The molecule has 1 aromatic carbocycles. The Morgan fingerprint density at radius 2 is 2.20 bits per heavy atom. The lowest BCUT2D eigenvalue weighted by Crippen LogP contribution is -2.41. The van der Waals surface area contributed by atoms with Crippen molar-refractivity contribution in [2.24, 2.45) is 0 Å². The first-order chi connectivity index (χ1) is 9.49. The fourth-order valence-corrected chi connectivity index (χ4v) is 2.78. The van der Waals surface area contributed by atoms with Crippen LogP contribution in [0.5, 0.6) is 0 Å². The summed E-state index contributed by atoms with van der Waals surface area (Å²) in [7, 11) is 0. The summed E-state index contributed by atoms with van der Waals surface area (Å²) in [6.07, 6.45) is 3.05. The van der Waals surface area contributed by atoms with Crippen LogP contribution in [0.25, 0.3) is 10.8 Å². The Balaban J connectivity index is 2.08. The highest BCUT2D eigenvalue weighted by Gasteiger charge is 2.37. The molecular formula is C16H21N3O. The SMILES string of the molecule is Cc1cc2c(NC3(C)CCOC3C)ccc(N)c2cn1. The topological polar surface area (TPSA) is 60.2 Å². The van der Waals surface area contributed by atoms with Crippen molar-refractivity contribution in [3.05, 3.63) is 30.1 Å². The Kier molecular flexibility index (Phi) is 3.05. The molecule has 2 heterocycles. The Hall–Kier alpha value is -1.81. The summed E-state index contributed by atoms with van der Waals surface area (Å²) >= 11 is 0. The van der Waals surface area contributed by atoms with E-state index in [1.54, 1.807) is 0 Å². The van der Waals surface area contributed by atoms with E-state index >= 15 is 0 Å². The second-order valence-corrected chi connectivity index (χ2v) is 5.88. The summed E-state index contributed by atoms with van der Waals surface area (Å²) in [5, 5.41) is 5.78. The molecule has 20 heavy (non-hydrogen) atoms. The summed E-state index contributed by atoms with van der Waals surface area (Å²) in [4.78, 5) is 4.34. The van der Waals surface area contributed by atoms with E-state index in [9.17, 15) is 0 Å². The number of rotatable bonds is 2. The molecule has 0 spiro atoms. The Bertz CT molecular complexity index is 655. The Labute approximate surface area is 119 Å². The number of fused-ring (bicyclic) bond motifs is 1. The zero-order valence-corrected chi connectivity index (χ0v) is 12.2. The van der Waals surface area contributed by atoms with Crippen LogP contribution in [-0.2, 0) is 4.74 Å². The predicted octanol–water partition coefficient (Wildman–Crippen LogP) is 3.10. The van der Waals surface area contributed by atoms with Gasteiger partial charge in [-0.1, -0.05) is 0 Å². The fourth-order valence-electron chi connectivity index (χ4n) is 2.78. The zero-order chi connectivity index (χ0) is 14.3. The average Bonchev–Trinajstić information content (AvgIpc) is 2.73. The first-order valence-corrected chi connectivity index (χ1v) is 7.04. The minimum atomic E-state index is -0.0414. The Morgan fingerprint density at radius 1 is 1.40 bits per heavy atom. The number of hydrogen-bond donors (Lipinski definition) is 2. The highest BCUT2D eigenvalue weighted by atomic mass is 16.5. The lowest BCUT2D eigenvalue weighted by atomic mass is 9.93. The number of nitrogen functional groups attached to an aromatic ring is 1. The second kappa shape index (κ2) is 4.63. The number of anilines is 2. The molecule has 0 radical (unpaired) electrons. The molecule has 0 bridgehead atoms. The van der Waals surface area contributed by atoms with Gasteiger partial charge in [-0.25, -0.2) is 0 Å². The molecular weight excluding hydrogens is 250 g/mol. The van der Waals surface area contributed by atoms with E-state index in [4.69, 9.17) is 10.5 Å². The van der Waals surface area contributed by atoms with Gasteiger partial charge in [0.05, 0.1) is 11.6 Å². The highest BCUT2D eigenvalue weighted by Crippen LogP contribution is 2.34. The third kappa shape index (κ3) is 2.10. The number of nitrogens with zero attached hydrogens (tertiary/aromatic N) is 1. The van der Waals surface area contributed by atoms with E-state index < -0.39 is 0 Å². The maximum atomic E-state index is 6.05. The molecule has 1 aromatic heterocycles. The third-order valence-electron chi connectivity index (χ3n) is 4.38. The minimum absolute atomic E-state index is 0.0414. The summed E-state index contributed by atoms with van der Waals surface area (Å²) in [5.41, 5.74) is 8.86. The number of hydrogen-bond acceptors (Lipinski definition) is 4. The van der Waals surface area contributed by atoms with E-state index in [1.807, 2.05) is 25.3 Å². The molecule has 2 unspecified atom stereocenters. The molecule has 0 saturated carbocycles. The van der Waals surface area contributed by atoms with Gasteiger partial charge in [0, 0.05) is 40.6 Å². The van der Waals surface area contributed by atoms with E-state index in [0.717, 1.165) is 40.9 Å². The molecule has 1 aliphatic rings. The van der Waals surface area contributed by atoms with Gasteiger partial charge >= 0.3 is 0 Å². The molecule has 1 saturated heterocycles. The van der Waals surface area contributed by atoms with Crippen molar-refractivity contribution in [2.45, 2.75) is 38.8 Å². The quantitative estimate of drug-likeness (QED) is 0.824. The van der Waals surface area contributed by atoms with Crippen LogP contribution < -0.4 is 11.1 Å². The van der Waals surface area contributed by atoms with Crippen LogP contribution in [0, 0.1) is 6.92 Å². The predicted molar refractivity (Wildman–Crippen MR) is 83.0 cm³/mol. The average molecular weight is 271 g/mol. The number of aryl methyl sites for hydroxylation is 1. The lowest BCUT2D eigenvalue weighted by molar-refractivity contribution is 0.105. The summed E-state index contributed by atoms with van der Waals surface area (Å²) in [6.45, 7) is 7.13. The van der Waals surface area contributed by atoms with Crippen LogP contribution in [0.3, 0.4) is 0 Å². The van der Waals surface area contributed by atoms with Gasteiger partial charge in [0.1, 0.15) is 0 Å². The molecule has 1 aliphatic heterocycles. The van der Waals surface area contributed by atoms with E-state index in [1.165, 1.54) is 0 Å². The van der Waals surface area contributed by atoms with Crippen LogP contribution in [0.4, 0.5) is 11.4 Å².